The summed E-state index contributed by atoms with van der Waals surface area (Å²) in [6.45, 7) is 24.0. The minimum absolute atomic E-state index is 0.214. The summed E-state index contributed by atoms with van der Waals surface area (Å²) in [5.74, 6) is 0. The summed E-state index contributed by atoms with van der Waals surface area (Å²) < 4.78 is 0. The lowest BCUT2D eigenvalue weighted by Crippen LogP contribution is -2.37. The van der Waals surface area contributed by atoms with E-state index < -0.39 is 6.17 Å². The highest BCUT2D eigenvalue weighted by atomic mass is 15.1. The van der Waals surface area contributed by atoms with Crippen LogP contribution in [0.1, 0.15) is 140 Å². The molecule has 0 saturated carbocycles. The largest absolute Gasteiger partial charge is 0.304 e. The van der Waals surface area contributed by atoms with E-state index in [1.54, 1.807) is 13.1 Å². The normalized spacial score (nSPS) is 17.5. The van der Waals surface area contributed by atoms with Gasteiger partial charge in [-0.25, -0.2) is 0 Å². The first kappa shape index (κ1) is 47.3. The van der Waals surface area contributed by atoms with Crippen LogP contribution in [-0.4, -0.2) is 7.05 Å². The lowest BCUT2D eigenvalue weighted by molar-refractivity contribution is 0.656. The first-order valence-electron chi connectivity index (χ1n) is 21.2. The third-order valence-corrected chi connectivity index (χ3v) is 9.96. The van der Waals surface area contributed by atoms with Crippen LogP contribution in [0.4, 0.5) is 0 Å². The molecule has 3 heteroatoms. The highest BCUT2D eigenvalue weighted by molar-refractivity contribution is 5.93. The van der Waals surface area contributed by atoms with Gasteiger partial charge in [-0.3, -0.25) is 0 Å². The molecular formula is C53H71N3. The zero-order valence-corrected chi connectivity index (χ0v) is 36.6. The van der Waals surface area contributed by atoms with Crippen LogP contribution in [0.5, 0.6) is 0 Å². The van der Waals surface area contributed by atoms with Crippen molar-refractivity contribution in [2.75, 3.05) is 7.05 Å². The summed E-state index contributed by atoms with van der Waals surface area (Å²) in [7, 11) is 1.68. The van der Waals surface area contributed by atoms with Crippen molar-refractivity contribution in [3.8, 4) is 0 Å². The Kier molecular flexibility index (Phi) is 21.4. The number of hydrogen-bond donors (Lipinski definition) is 1. The number of unbranched alkanes of at least 4 members (excludes halogenated alkanes) is 1. The van der Waals surface area contributed by atoms with E-state index in [4.69, 9.17) is 5.73 Å². The second-order valence-electron chi connectivity index (χ2n) is 13.1. The van der Waals surface area contributed by atoms with Gasteiger partial charge in [0, 0.05) is 7.05 Å². The number of allylic oxidation sites excluding steroid dienone is 15. The number of hydrogen-bond acceptors (Lipinski definition) is 3. The summed E-state index contributed by atoms with van der Waals surface area (Å²) in [5, 5.41) is 8.13. The van der Waals surface area contributed by atoms with E-state index in [0.29, 0.717) is 0 Å². The van der Waals surface area contributed by atoms with Gasteiger partial charge in [-0.1, -0.05) is 195 Å². The van der Waals surface area contributed by atoms with Gasteiger partial charge in [0.1, 0.15) is 6.17 Å². The van der Waals surface area contributed by atoms with Crippen LogP contribution in [0, 0.1) is 6.92 Å². The van der Waals surface area contributed by atoms with Crippen molar-refractivity contribution in [2.24, 2.45) is 16.0 Å². The number of azo groups is 1. The minimum atomic E-state index is -0.429. The number of rotatable bonds is 7. The van der Waals surface area contributed by atoms with Gasteiger partial charge in [0.15, 0.2) is 0 Å². The SMILES string of the molecule is C/C=C\CCC.C=C/C=C\C(=C/C)c1ccc(C)cc1.CC.CC.CC.CN=NC(N)c1ccc2c(c1)C1(C3=CCCC=C3C2)C2=C(C=CC2)c2ccccc21. The molecule has 298 valence electrons. The maximum absolute atomic E-state index is 6.35. The summed E-state index contributed by atoms with van der Waals surface area (Å²) in [5.41, 5.74) is 22.4. The molecular weight excluding hydrogens is 679 g/mol. The third kappa shape index (κ3) is 10.9. The van der Waals surface area contributed by atoms with Crippen LogP contribution in [-0.2, 0) is 11.8 Å². The van der Waals surface area contributed by atoms with Gasteiger partial charge in [0.25, 0.3) is 0 Å². The van der Waals surface area contributed by atoms with E-state index in [-0.39, 0.29) is 5.41 Å². The van der Waals surface area contributed by atoms with E-state index in [2.05, 4.69) is 153 Å². The van der Waals surface area contributed by atoms with E-state index in [1.807, 2.05) is 54.5 Å². The highest BCUT2D eigenvalue weighted by Crippen LogP contribution is 2.62. The average molecular weight is 750 g/mol. The molecule has 7 rings (SSSR count). The van der Waals surface area contributed by atoms with Crippen LogP contribution < -0.4 is 5.73 Å². The van der Waals surface area contributed by atoms with E-state index in [1.165, 1.54) is 74.1 Å². The van der Waals surface area contributed by atoms with Crippen LogP contribution in [0.25, 0.3) is 11.1 Å². The second-order valence-corrected chi connectivity index (χ2v) is 13.1. The van der Waals surface area contributed by atoms with Crippen molar-refractivity contribution in [3.63, 3.8) is 0 Å². The zero-order valence-electron chi connectivity index (χ0n) is 36.6. The molecule has 2 atom stereocenters. The molecule has 3 aromatic carbocycles. The average Bonchev–Trinajstić information content (AvgIpc) is 3.85. The van der Waals surface area contributed by atoms with Crippen molar-refractivity contribution >= 4 is 11.1 Å². The maximum atomic E-state index is 6.35. The molecule has 56 heavy (non-hydrogen) atoms. The van der Waals surface area contributed by atoms with Gasteiger partial charge in [0.2, 0.25) is 0 Å². The molecule has 2 N–H and O–H groups in total. The quantitative estimate of drug-likeness (QED) is 0.146. The number of nitrogens with two attached hydrogens (primary N) is 1. The van der Waals surface area contributed by atoms with Crippen molar-refractivity contribution in [1.29, 1.82) is 0 Å². The fraction of sp³-hybridized carbons (Fsp3) is 0.358. The Balaban J connectivity index is 0.000000349. The first-order valence-corrected chi connectivity index (χ1v) is 21.2. The number of nitrogens with zero attached hydrogens (tertiary/aromatic N) is 2. The van der Waals surface area contributed by atoms with Crippen molar-refractivity contribution in [2.45, 2.75) is 119 Å². The van der Waals surface area contributed by atoms with Crippen LogP contribution in [0.2, 0.25) is 0 Å². The lowest BCUT2D eigenvalue weighted by atomic mass is 9.58. The predicted octanol–water partition coefficient (Wildman–Crippen LogP) is 15.5. The standard InChI is InChI=1S/C27H25N3.C14H16.C6H12.3C2H6/c1-29-30-26(28)19-14-13-18-15-17-7-2-4-10-22(17)27(25(18)16-19)23-11-5-3-8-20(23)21-9-6-12-24(21)27;1-4-6-7-13(5-2)14-10-8-12(3)9-11-14;1-3-5-6-4-2;3*1-2/h3,5-11,13-14,16,26H,2,4,12,15,28H2,1H3;4-11H,1H2,2-3H3;3,5H,4,6H2,1-2H3;3*1-2H3/b;7-6-,13-5+;5-3-;;;. The van der Waals surface area contributed by atoms with Crippen LogP contribution >= 0.6 is 0 Å². The molecule has 4 aliphatic carbocycles. The molecule has 3 nitrogen and oxygen atoms in total. The molecule has 2 unspecified atom stereocenters. The Labute approximate surface area is 342 Å². The molecule has 0 saturated heterocycles. The molecule has 0 aromatic heterocycles. The van der Waals surface area contributed by atoms with Crippen LogP contribution in [0.3, 0.4) is 0 Å². The monoisotopic (exact) mass is 750 g/mol. The van der Waals surface area contributed by atoms with Gasteiger partial charge in [-0.15, -0.1) is 0 Å². The van der Waals surface area contributed by atoms with Gasteiger partial charge < -0.3 is 5.73 Å². The topological polar surface area (TPSA) is 50.7 Å². The minimum Gasteiger partial charge on any atom is -0.304 e. The van der Waals surface area contributed by atoms with E-state index in [0.717, 1.165) is 31.2 Å². The Morgan fingerprint density at radius 1 is 0.911 bits per heavy atom. The summed E-state index contributed by atoms with van der Waals surface area (Å²) in [6.07, 6.45) is 28.1. The fourth-order valence-corrected chi connectivity index (χ4v) is 7.66. The maximum Gasteiger partial charge on any atom is 0.144 e. The molecule has 0 radical (unpaired) electrons. The van der Waals surface area contributed by atoms with E-state index >= 15 is 0 Å². The number of fused-ring (bicyclic) bond motifs is 8. The Morgan fingerprint density at radius 3 is 2.23 bits per heavy atom. The molecule has 0 heterocycles. The van der Waals surface area contributed by atoms with Gasteiger partial charge in [-0.05, 0) is 114 Å². The van der Waals surface area contributed by atoms with Crippen LogP contribution in [0.15, 0.2) is 161 Å². The zero-order chi connectivity index (χ0) is 41.5. The van der Waals surface area contributed by atoms with Gasteiger partial charge >= 0.3 is 0 Å². The van der Waals surface area contributed by atoms with Crippen molar-refractivity contribution < 1.29 is 0 Å². The fourth-order valence-electron chi connectivity index (χ4n) is 7.66. The Bertz CT molecular complexity index is 1920. The molecule has 0 bridgehead atoms. The molecule has 0 amide bonds. The summed E-state index contributed by atoms with van der Waals surface area (Å²) >= 11 is 0. The molecule has 0 aliphatic heterocycles. The molecule has 0 fully saturated rings. The van der Waals surface area contributed by atoms with Crippen molar-refractivity contribution in [1.82, 2.24) is 0 Å². The Hall–Kier alpha value is -4.86. The molecule has 1 spiro atoms. The smallest absolute Gasteiger partial charge is 0.144 e. The Morgan fingerprint density at radius 2 is 1.61 bits per heavy atom. The lowest BCUT2D eigenvalue weighted by Gasteiger charge is -2.44. The second kappa shape index (κ2) is 25.3. The highest BCUT2D eigenvalue weighted by Gasteiger charge is 2.52. The molecule has 4 aliphatic rings. The summed E-state index contributed by atoms with van der Waals surface area (Å²) in [6, 6.07) is 24.2. The number of benzene rings is 3. The van der Waals surface area contributed by atoms with E-state index in [9.17, 15) is 0 Å². The first-order chi connectivity index (χ1) is 27.4. The predicted molar refractivity (Wildman–Crippen MR) is 249 cm³/mol. The van der Waals surface area contributed by atoms with Gasteiger partial charge in [-0.2, -0.15) is 10.2 Å². The summed E-state index contributed by atoms with van der Waals surface area (Å²) in [4.78, 5) is 0. The number of aryl methyl sites for hydroxylation is 1. The third-order valence-electron chi connectivity index (χ3n) is 9.96. The molecule has 3 aromatic rings. The van der Waals surface area contributed by atoms with Crippen molar-refractivity contribution in [3.05, 3.63) is 190 Å². The van der Waals surface area contributed by atoms with Gasteiger partial charge in [0.05, 0.1) is 5.41 Å².